The first-order chi connectivity index (χ1) is 11.3. The molecular formula is C17H25N5S. The Morgan fingerprint density at radius 2 is 1.83 bits per heavy atom. The fraction of sp³-hybridized carbons (Fsp3) is 0.647. The minimum absolute atomic E-state index is 0.843. The van der Waals surface area contributed by atoms with Crippen LogP contribution in [0, 0.1) is 5.92 Å². The lowest BCUT2D eigenvalue weighted by molar-refractivity contribution is 0.325. The first kappa shape index (κ1) is 15.1. The molecule has 0 spiro atoms. The van der Waals surface area contributed by atoms with E-state index in [-0.39, 0.29) is 0 Å². The average Bonchev–Trinajstić information content (AvgIpc) is 3.29. The summed E-state index contributed by atoms with van der Waals surface area (Å²) in [4.78, 5) is 4.92. The molecule has 0 saturated carbocycles. The van der Waals surface area contributed by atoms with Crippen LogP contribution in [0.5, 0.6) is 0 Å². The molecule has 23 heavy (non-hydrogen) atoms. The molecule has 0 N–H and O–H groups in total. The first-order valence-corrected chi connectivity index (χ1v) is 9.58. The first-order valence-electron chi connectivity index (χ1n) is 8.77. The lowest BCUT2D eigenvalue weighted by Gasteiger charge is -2.29. The van der Waals surface area contributed by atoms with Crippen molar-refractivity contribution in [3.63, 3.8) is 0 Å². The normalized spacial score (nSPS) is 20.5. The van der Waals surface area contributed by atoms with Gasteiger partial charge < -0.3 is 4.90 Å². The smallest absolute Gasteiger partial charge is 0.218 e. The van der Waals surface area contributed by atoms with Crippen LogP contribution in [0.25, 0.3) is 5.13 Å². The van der Waals surface area contributed by atoms with Gasteiger partial charge in [-0.15, -0.1) is 10.2 Å². The third kappa shape index (κ3) is 3.28. The van der Waals surface area contributed by atoms with E-state index >= 15 is 0 Å². The Labute approximate surface area is 141 Å². The summed E-state index contributed by atoms with van der Waals surface area (Å²) >= 11 is 1.72. The van der Waals surface area contributed by atoms with E-state index in [1.807, 2.05) is 0 Å². The van der Waals surface area contributed by atoms with Crippen molar-refractivity contribution in [3.8, 4) is 5.13 Å². The topological polar surface area (TPSA) is 37.2 Å². The molecule has 124 valence electrons. The number of nitrogens with zero attached hydrogens (tertiary/aromatic N) is 5. The predicted molar refractivity (Wildman–Crippen MR) is 94.4 cm³/mol. The minimum atomic E-state index is 0.843. The largest absolute Gasteiger partial charge is 0.347 e. The average molecular weight is 331 g/mol. The summed E-state index contributed by atoms with van der Waals surface area (Å²) in [6, 6.07) is 4.33. The van der Waals surface area contributed by atoms with E-state index in [9.17, 15) is 0 Å². The molecule has 2 aliphatic rings. The van der Waals surface area contributed by atoms with E-state index in [4.69, 9.17) is 0 Å². The van der Waals surface area contributed by atoms with Gasteiger partial charge in [-0.3, -0.25) is 9.47 Å². The Balaban J connectivity index is 1.49. The van der Waals surface area contributed by atoms with Gasteiger partial charge in [0.1, 0.15) is 0 Å². The molecule has 2 aromatic rings. The minimum Gasteiger partial charge on any atom is -0.347 e. The highest BCUT2D eigenvalue weighted by Gasteiger charge is 2.20. The van der Waals surface area contributed by atoms with Crippen molar-refractivity contribution < 1.29 is 0 Å². The van der Waals surface area contributed by atoms with Crippen LogP contribution in [-0.4, -0.2) is 45.8 Å². The predicted octanol–water partition coefficient (Wildman–Crippen LogP) is 3.16. The highest BCUT2D eigenvalue weighted by atomic mass is 32.1. The molecule has 2 aliphatic heterocycles. The summed E-state index contributed by atoms with van der Waals surface area (Å²) in [5, 5.41) is 11.0. The maximum Gasteiger partial charge on any atom is 0.218 e. The highest BCUT2D eigenvalue weighted by Crippen LogP contribution is 2.28. The number of likely N-dealkylation sites (tertiary alicyclic amines) is 1. The quantitative estimate of drug-likeness (QED) is 0.862. The number of hydrogen-bond donors (Lipinski definition) is 0. The maximum atomic E-state index is 4.46. The van der Waals surface area contributed by atoms with Crippen molar-refractivity contribution in [2.24, 2.45) is 5.92 Å². The van der Waals surface area contributed by atoms with Gasteiger partial charge in [0, 0.05) is 31.5 Å². The zero-order valence-corrected chi connectivity index (χ0v) is 14.6. The van der Waals surface area contributed by atoms with E-state index in [2.05, 4.69) is 49.8 Å². The van der Waals surface area contributed by atoms with Crippen LogP contribution in [-0.2, 0) is 6.54 Å². The fourth-order valence-electron chi connectivity index (χ4n) is 3.53. The number of aromatic nitrogens is 3. The molecule has 0 radical (unpaired) electrons. The van der Waals surface area contributed by atoms with Crippen molar-refractivity contribution in [1.82, 2.24) is 19.7 Å². The third-order valence-electron chi connectivity index (χ3n) is 5.08. The van der Waals surface area contributed by atoms with Gasteiger partial charge in [-0.05, 0) is 56.8 Å². The molecule has 0 aromatic carbocycles. The Kier molecular flexibility index (Phi) is 4.35. The van der Waals surface area contributed by atoms with Crippen LogP contribution >= 0.6 is 11.3 Å². The zero-order chi connectivity index (χ0) is 15.6. The standard InChI is InChI=1S/C17H25N5S/c1-14-6-11-21(12-7-14)16-18-19-17(23-16)22-10-4-5-15(22)13-20-8-2-3-9-20/h4-5,10,14H,2-3,6-9,11-13H2,1H3. The summed E-state index contributed by atoms with van der Waals surface area (Å²) in [5.74, 6) is 0.843. The molecule has 4 rings (SSSR count). The van der Waals surface area contributed by atoms with Crippen molar-refractivity contribution in [1.29, 1.82) is 0 Å². The molecule has 0 aliphatic carbocycles. The van der Waals surface area contributed by atoms with Crippen molar-refractivity contribution in [2.45, 2.75) is 39.2 Å². The summed E-state index contributed by atoms with van der Waals surface area (Å²) in [7, 11) is 0. The SMILES string of the molecule is CC1CCN(c2nnc(-n3cccc3CN3CCCC3)s2)CC1. The molecule has 6 heteroatoms. The van der Waals surface area contributed by atoms with Crippen LogP contribution in [0.3, 0.4) is 0 Å². The summed E-state index contributed by atoms with van der Waals surface area (Å²) in [6.45, 7) is 8.03. The summed E-state index contributed by atoms with van der Waals surface area (Å²) in [5.41, 5.74) is 1.32. The van der Waals surface area contributed by atoms with Crippen molar-refractivity contribution in [2.75, 3.05) is 31.1 Å². The van der Waals surface area contributed by atoms with E-state index in [1.165, 1.54) is 44.5 Å². The monoisotopic (exact) mass is 331 g/mol. The molecule has 5 nitrogen and oxygen atoms in total. The van der Waals surface area contributed by atoms with Crippen LogP contribution in [0.4, 0.5) is 5.13 Å². The molecule has 0 bridgehead atoms. The van der Waals surface area contributed by atoms with Gasteiger partial charge in [0.2, 0.25) is 10.3 Å². The number of piperidine rings is 1. The second-order valence-corrected chi connectivity index (χ2v) is 7.82. The molecule has 2 fully saturated rings. The second kappa shape index (κ2) is 6.61. The molecule has 2 aromatic heterocycles. The summed E-state index contributed by atoms with van der Waals surface area (Å²) < 4.78 is 2.21. The van der Waals surface area contributed by atoms with Gasteiger partial charge in [-0.25, -0.2) is 0 Å². The molecule has 4 heterocycles. The van der Waals surface area contributed by atoms with Crippen LogP contribution in [0.2, 0.25) is 0 Å². The molecule has 2 saturated heterocycles. The van der Waals surface area contributed by atoms with Gasteiger partial charge in [0.25, 0.3) is 0 Å². The van der Waals surface area contributed by atoms with E-state index in [0.29, 0.717) is 0 Å². The Morgan fingerprint density at radius 1 is 1.09 bits per heavy atom. The van der Waals surface area contributed by atoms with E-state index < -0.39 is 0 Å². The van der Waals surface area contributed by atoms with Gasteiger partial charge in [0.15, 0.2) is 0 Å². The molecular weight excluding hydrogens is 306 g/mol. The zero-order valence-electron chi connectivity index (χ0n) is 13.8. The molecule has 0 atom stereocenters. The van der Waals surface area contributed by atoms with E-state index in [1.54, 1.807) is 11.3 Å². The number of anilines is 1. The Hall–Kier alpha value is -1.40. The molecule has 0 unspecified atom stereocenters. The fourth-order valence-corrected chi connectivity index (χ4v) is 4.45. The third-order valence-corrected chi connectivity index (χ3v) is 6.06. The lowest BCUT2D eigenvalue weighted by Crippen LogP contribution is -2.32. The van der Waals surface area contributed by atoms with Gasteiger partial charge in [-0.2, -0.15) is 0 Å². The summed E-state index contributed by atoms with van der Waals surface area (Å²) in [6.07, 6.45) is 7.30. The van der Waals surface area contributed by atoms with Crippen molar-refractivity contribution >= 4 is 16.5 Å². The van der Waals surface area contributed by atoms with E-state index in [0.717, 1.165) is 35.8 Å². The van der Waals surface area contributed by atoms with Crippen molar-refractivity contribution in [3.05, 3.63) is 24.0 Å². The van der Waals surface area contributed by atoms with Crippen LogP contribution < -0.4 is 4.90 Å². The van der Waals surface area contributed by atoms with Crippen LogP contribution in [0.1, 0.15) is 38.3 Å². The van der Waals surface area contributed by atoms with Crippen LogP contribution in [0.15, 0.2) is 18.3 Å². The highest BCUT2D eigenvalue weighted by molar-refractivity contribution is 7.17. The Morgan fingerprint density at radius 3 is 2.61 bits per heavy atom. The maximum absolute atomic E-state index is 4.46. The van der Waals surface area contributed by atoms with Gasteiger partial charge in [0.05, 0.1) is 0 Å². The van der Waals surface area contributed by atoms with Gasteiger partial charge in [-0.1, -0.05) is 18.3 Å². The lowest BCUT2D eigenvalue weighted by atomic mass is 10.00. The number of rotatable bonds is 4. The number of hydrogen-bond acceptors (Lipinski definition) is 5. The molecule has 0 amide bonds. The van der Waals surface area contributed by atoms with Gasteiger partial charge >= 0.3 is 0 Å². The second-order valence-electron chi connectivity index (χ2n) is 6.89. The Bertz CT molecular complexity index is 635.